The van der Waals surface area contributed by atoms with Crippen LogP contribution in [0.1, 0.15) is 19.5 Å². The predicted octanol–water partition coefficient (Wildman–Crippen LogP) is 1.23. The molecule has 22 heavy (non-hydrogen) atoms. The number of aryl methyl sites for hydroxylation is 1. The third-order valence-electron chi connectivity index (χ3n) is 2.87. The van der Waals surface area contributed by atoms with Gasteiger partial charge in [-0.1, -0.05) is 11.8 Å². The maximum absolute atomic E-state index is 11.7. The maximum atomic E-state index is 11.7. The molecule has 0 atom stereocenters. The highest BCUT2D eigenvalue weighted by atomic mass is 32.2. The zero-order valence-electron chi connectivity index (χ0n) is 13.1. The van der Waals surface area contributed by atoms with Crippen LogP contribution in [0.4, 0.5) is 5.95 Å². The summed E-state index contributed by atoms with van der Waals surface area (Å²) in [5.41, 5.74) is 4.20. The van der Waals surface area contributed by atoms with E-state index in [2.05, 4.69) is 25.4 Å². The molecule has 0 saturated carbocycles. The van der Waals surface area contributed by atoms with Crippen molar-refractivity contribution in [2.75, 3.05) is 37.0 Å². The zero-order valence-corrected chi connectivity index (χ0v) is 13.9. The molecule has 1 N–H and O–H groups in total. The molecule has 1 fully saturated rings. The number of carbonyl (C=O) groups is 1. The summed E-state index contributed by atoms with van der Waals surface area (Å²) < 4.78 is 5.34. The highest BCUT2D eigenvalue weighted by molar-refractivity contribution is 7.99. The average Bonchev–Trinajstić information content (AvgIpc) is 2.51. The SMILES string of the molecule is CC(C)=NNC(=O)CSc1cc(C)nc(N2CCOCC2)n1. The number of amides is 1. The van der Waals surface area contributed by atoms with Crippen LogP contribution in [0.2, 0.25) is 0 Å². The van der Waals surface area contributed by atoms with E-state index in [0.717, 1.165) is 29.5 Å². The van der Waals surface area contributed by atoms with Gasteiger partial charge in [-0.3, -0.25) is 4.79 Å². The van der Waals surface area contributed by atoms with Gasteiger partial charge in [0.15, 0.2) is 0 Å². The lowest BCUT2D eigenvalue weighted by molar-refractivity contribution is -0.118. The van der Waals surface area contributed by atoms with Gasteiger partial charge >= 0.3 is 0 Å². The molecule has 0 aromatic carbocycles. The molecule has 0 aliphatic carbocycles. The minimum absolute atomic E-state index is 0.143. The van der Waals surface area contributed by atoms with Gasteiger partial charge in [0.05, 0.1) is 19.0 Å². The van der Waals surface area contributed by atoms with E-state index in [4.69, 9.17) is 4.74 Å². The zero-order chi connectivity index (χ0) is 15.9. The van der Waals surface area contributed by atoms with Gasteiger partial charge < -0.3 is 9.64 Å². The van der Waals surface area contributed by atoms with Crippen molar-refractivity contribution in [1.29, 1.82) is 0 Å². The molecule has 1 aliphatic heterocycles. The van der Waals surface area contributed by atoms with E-state index in [-0.39, 0.29) is 11.7 Å². The number of rotatable bonds is 5. The maximum Gasteiger partial charge on any atom is 0.250 e. The van der Waals surface area contributed by atoms with Gasteiger partial charge in [0.2, 0.25) is 11.9 Å². The van der Waals surface area contributed by atoms with Crippen molar-refractivity contribution in [3.63, 3.8) is 0 Å². The Morgan fingerprint density at radius 2 is 2.14 bits per heavy atom. The van der Waals surface area contributed by atoms with Gasteiger partial charge in [0.1, 0.15) is 5.03 Å². The molecule has 1 saturated heterocycles. The first-order chi connectivity index (χ1) is 10.5. The van der Waals surface area contributed by atoms with Gasteiger partial charge in [0.25, 0.3) is 0 Å². The van der Waals surface area contributed by atoms with Gasteiger partial charge in [-0.2, -0.15) is 5.10 Å². The largest absolute Gasteiger partial charge is 0.378 e. The molecule has 1 aliphatic rings. The molecule has 0 bridgehead atoms. The van der Waals surface area contributed by atoms with Gasteiger partial charge in [-0.15, -0.1) is 0 Å². The van der Waals surface area contributed by atoms with Crippen molar-refractivity contribution < 1.29 is 9.53 Å². The minimum atomic E-state index is -0.143. The number of nitrogens with zero attached hydrogens (tertiary/aromatic N) is 4. The molecule has 7 nitrogen and oxygen atoms in total. The van der Waals surface area contributed by atoms with Gasteiger partial charge in [0, 0.05) is 24.5 Å². The van der Waals surface area contributed by atoms with E-state index in [1.807, 2.05) is 26.8 Å². The number of hydrazone groups is 1. The van der Waals surface area contributed by atoms with E-state index >= 15 is 0 Å². The second-order valence-electron chi connectivity index (χ2n) is 5.13. The molecule has 0 unspecified atom stereocenters. The summed E-state index contributed by atoms with van der Waals surface area (Å²) in [5.74, 6) is 0.833. The molecule has 1 aromatic heterocycles. The lowest BCUT2D eigenvalue weighted by Crippen LogP contribution is -2.37. The second kappa shape index (κ2) is 8.09. The Balaban J connectivity index is 1.97. The molecular formula is C14H21N5O2S. The lowest BCUT2D eigenvalue weighted by atomic mass is 10.4. The summed E-state index contributed by atoms with van der Waals surface area (Å²) in [6.07, 6.45) is 0. The van der Waals surface area contributed by atoms with Crippen LogP contribution in [0.5, 0.6) is 0 Å². The molecule has 1 aromatic rings. The topological polar surface area (TPSA) is 79.7 Å². The van der Waals surface area contributed by atoms with Gasteiger partial charge in [-0.05, 0) is 26.8 Å². The van der Waals surface area contributed by atoms with E-state index in [1.54, 1.807) is 0 Å². The second-order valence-corrected chi connectivity index (χ2v) is 6.13. The first-order valence-corrected chi connectivity index (χ1v) is 8.14. The van der Waals surface area contributed by atoms with Crippen LogP contribution in [0.15, 0.2) is 16.2 Å². The Morgan fingerprint density at radius 1 is 1.41 bits per heavy atom. The standard InChI is InChI=1S/C14H21N5O2S/c1-10(2)17-18-12(20)9-22-13-8-11(3)15-14(16-13)19-4-6-21-7-5-19/h8H,4-7,9H2,1-3H3,(H,18,20). The summed E-state index contributed by atoms with van der Waals surface area (Å²) >= 11 is 1.38. The first-order valence-electron chi connectivity index (χ1n) is 7.15. The fourth-order valence-corrected chi connectivity index (χ4v) is 2.59. The van der Waals surface area contributed by atoms with Crippen LogP contribution in [0.25, 0.3) is 0 Å². The van der Waals surface area contributed by atoms with Crippen LogP contribution < -0.4 is 10.3 Å². The van der Waals surface area contributed by atoms with Crippen LogP contribution in [0.3, 0.4) is 0 Å². The van der Waals surface area contributed by atoms with Crippen LogP contribution in [-0.2, 0) is 9.53 Å². The van der Waals surface area contributed by atoms with Crippen molar-refractivity contribution in [2.24, 2.45) is 5.10 Å². The number of thioether (sulfide) groups is 1. The Labute approximate surface area is 134 Å². The van der Waals surface area contributed by atoms with E-state index in [9.17, 15) is 4.79 Å². The molecule has 0 radical (unpaired) electrons. The Hall–Kier alpha value is -1.67. The summed E-state index contributed by atoms with van der Waals surface area (Å²) in [6.45, 7) is 8.55. The molecule has 8 heteroatoms. The summed E-state index contributed by atoms with van der Waals surface area (Å²) in [6, 6.07) is 1.89. The van der Waals surface area contributed by atoms with Crippen LogP contribution in [0, 0.1) is 6.92 Å². The Bertz CT molecular complexity index is 554. The summed E-state index contributed by atoms with van der Waals surface area (Å²) in [5, 5.41) is 4.69. The number of carbonyl (C=O) groups excluding carboxylic acids is 1. The van der Waals surface area contributed by atoms with Crippen molar-refractivity contribution in [2.45, 2.75) is 25.8 Å². The molecule has 2 rings (SSSR count). The minimum Gasteiger partial charge on any atom is -0.378 e. The van der Waals surface area contributed by atoms with Gasteiger partial charge in [-0.25, -0.2) is 15.4 Å². The van der Waals surface area contributed by atoms with Crippen molar-refractivity contribution >= 4 is 29.3 Å². The van der Waals surface area contributed by atoms with E-state index in [0.29, 0.717) is 19.2 Å². The number of hydrogen-bond donors (Lipinski definition) is 1. The molecule has 1 amide bonds. The quantitative estimate of drug-likeness (QED) is 0.380. The highest BCUT2D eigenvalue weighted by Gasteiger charge is 2.15. The highest BCUT2D eigenvalue weighted by Crippen LogP contribution is 2.20. The normalized spacial score (nSPS) is 14.6. The number of anilines is 1. The number of nitrogens with one attached hydrogen (secondary N) is 1. The third-order valence-corrected chi connectivity index (χ3v) is 3.78. The van der Waals surface area contributed by atoms with E-state index in [1.165, 1.54) is 11.8 Å². The first kappa shape index (κ1) is 16.7. The fourth-order valence-electron chi connectivity index (χ4n) is 1.85. The molecule has 0 spiro atoms. The van der Waals surface area contributed by atoms with Crippen LogP contribution >= 0.6 is 11.8 Å². The molecule has 120 valence electrons. The van der Waals surface area contributed by atoms with Crippen molar-refractivity contribution in [1.82, 2.24) is 15.4 Å². The number of morpholine rings is 1. The average molecular weight is 323 g/mol. The fraction of sp³-hybridized carbons (Fsp3) is 0.571. The van der Waals surface area contributed by atoms with E-state index < -0.39 is 0 Å². The Kier molecular flexibility index (Phi) is 6.14. The monoisotopic (exact) mass is 323 g/mol. The molecular weight excluding hydrogens is 302 g/mol. The van der Waals surface area contributed by atoms with Crippen molar-refractivity contribution in [3.05, 3.63) is 11.8 Å². The third kappa shape index (κ3) is 5.27. The lowest BCUT2D eigenvalue weighted by Gasteiger charge is -2.27. The predicted molar refractivity (Wildman–Crippen MR) is 87.5 cm³/mol. The molecule has 2 heterocycles. The van der Waals surface area contributed by atoms with Crippen LogP contribution in [-0.4, -0.2) is 53.6 Å². The number of aromatic nitrogens is 2. The van der Waals surface area contributed by atoms with Crippen molar-refractivity contribution in [3.8, 4) is 0 Å². The Morgan fingerprint density at radius 3 is 2.82 bits per heavy atom. The smallest absolute Gasteiger partial charge is 0.250 e. The number of hydrogen-bond acceptors (Lipinski definition) is 7. The number of ether oxygens (including phenoxy) is 1. The summed E-state index contributed by atoms with van der Waals surface area (Å²) in [4.78, 5) is 22.8. The summed E-state index contributed by atoms with van der Waals surface area (Å²) in [7, 11) is 0.